The first-order chi connectivity index (χ1) is 12.0. The summed E-state index contributed by atoms with van der Waals surface area (Å²) in [5, 5.41) is 0. The van der Waals surface area contributed by atoms with E-state index in [0.717, 1.165) is 25.9 Å². The molecule has 0 aliphatic carbocycles. The maximum absolute atomic E-state index is 12.5. The number of nitrogens with two attached hydrogens (primary N) is 1. The van der Waals surface area contributed by atoms with E-state index in [1.54, 1.807) is 29.2 Å². The van der Waals surface area contributed by atoms with Crippen molar-refractivity contribution in [2.24, 2.45) is 11.7 Å². The van der Waals surface area contributed by atoms with Crippen LogP contribution in [0.2, 0.25) is 0 Å². The average Bonchev–Trinajstić information content (AvgIpc) is 2.60. The standard InChI is InChI=1S/C18H23N3O4/c1-25-18(24)14-4-2-13(3-5-14)17(23)21-10-15(11-21)20-8-6-12(7-9-20)16(19)22/h2-5,12,15H,6-11H2,1H3,(H2,19,22). The van der Waals surface area contributed by atoms with Gasteiger partial charge in [-0.3, -0.25) is 14.5 Å². The Balaban J connectivity index is 1.50. The number of methoxy groups -OCH3 is 1. The lowest BCUT2D eigenvalue weighted by Gasteiger charge is -2.47. The summed E-state index contributed by atoms with van der Waals surface area (Å²) in [5.41, 5.74) is 6.36. The number of ether oxygens (including phenoxy) is 1. The van der Waals surface area contributed by atoms with Crippen LogP contribution in [0.25, 0.3) is 0 Å². The van der Waals surface area contributed by atoms with E-state index >= 15 is 0 Å². The second-order valence-electron chi connectivity index (χ2n) is 6.65. The highest BCUT2D eigenvalue weighted by Gasteiger charge is 2.37. The summed E-state index contributed by atoms with van der Waals surface area (Å²) in [5.74, 6) is -0.662. The van der Waals surface area contributed by atoms with E-state index in [-0.39, 0.29) is 17.7 Å². The normalized spacial score (nSPS) is 19.3. The minimum Gasteiger partial charge on any atom is -0.465 e. The van der Waals surface area contributed by atoms with E-state index in [1.165, 1.54) is 7.11 Å². The Labute approximate surface area is 146 Å². The number of nitrogens with zero attached hydrogens (tertiary/aromatic N) is 2. The molecule has 0 aromatic heterocycles. The topological polar surface area (TPSA) is 92.9 Å². The Bertz CT molecular complexity index is 659. The molecule has 7 heteroatoms. The van der Waals surface area contributed by atoms with Crippen LogP contribution < -0.4 is 5.73 Å². The summed E-state index contributed by atoms with van der Waals surface area (Å²) in [6.07, 6.45) is 1.60. The number of hydrogen-bond donors (Lipinski definition) is 1. The van der Waals surface area contributed by atoms with Crippen LogP contribution in [0, 0.1) is 5.92 Å². The van der Waals surface area contributed by atoms with Crippen molar-refractivity contribution in [1.29, 1.82) is 0 Å². The Morgan fingerprint density at radius 3 is 2.12 bits per heavy atom. The zero-order chi connectivity index (χ0) is 18.0. The molecule has 2 saturated heterocycles. The lowest BCUT2D eigenvalue weighted by Crippen LogP contribution is -2.62. The Morgan fingerprint density at radius 2 is 1.60 bits per heavy atom. The van der Waals surface area contributed by atoms with E-state index in [2.05, 4.69) is 9.64 Å². The van der Waals surface area contributed by atoms with Crippen LogP contribution in [-0.2, 0) is 9.53 Å². The molecule has 1 aromatic rings. The average molecular weight is 345 g/mol. The van der Waals surface area contributed by atoms with Crippen LogP contribution in [0.1, 0.15) is 33.6 Å². The molecule has 1 aromatic carbocycles. The minimum atomic E-state index is -0.414. The van der Waals surface area contributed by atoms with Gasteiger partial charge in [0.2, 0.25) is 5.91 Å². The number of likely N-dealkylation sites (tertiary alicyclic amines) is 2. The number of amides is 2. The van der Waals surface area contributed by atoms with Crippen LogP contribution in [0.4, 0.5) is 0 Å². The van der Waals surface area contributed by atoms with Gasteiger partial charge in [0.1, 0.15) is 0 Å². The van der Waals surface area contributed by atoms with Gasteiger partial charge in [0.15, 0.2) is 0 Å². The van der Waals surface area contributed by atoms with E-state index in [4.69, 9.17) is 5.73 Å². The van der Waals surface area contributed by atoms with Gasteiger partial charge >= 0.3 is 5.97 Å². The smallest absolute Gasteiger partial charge is 0.337 e. The summed E-state index contributed by atoms with van der Waals surface area (Å²) in [6, 6.07) is 6.86. The quantitative estimate of drug-likeness (QED) is 0.802. The summed E-state index contributed by atoms with van der Waals surface area (Å²) >= 11 is 0. The maximum atomic E-state index is 12.5. The molecule has 2 fully saturated rings. The van der Waals surface area contributed by atoms with Crippen molar-refractivity contribution in [2.75, 3.05) is 33.3 Å². The van der Waals surface area contributed by atoms with Gasteiger partial charge in [-0.25, -0.2) is 4.79 Å². The molecule has 3 rings (SSSR count). The number of primary amides is 1. The molecule has 0 bridgehead atoms. The number of hydrogen-bond acceptors (Lipinski definition) is 5. The summed E-state index contributed by atoms with van der Waals surface area (Å²) in [6.45, 7) is 3.10. The third-order valence-electron chi connectivity index (χ3n) is 5.15. The van der Waals surface area contributed by atoms with Gasteiger partial charge in [-0.2, -0.15) is 0 Å². The zero-order valence-electron chi connectivity index (χ0n) is 14.3. The van der Waals surface area contributed by atoms with Crippen LogP contribution in [0.3, 0.4) is 0 Å². The third-order valence-corrected chi connectivity index (χ3v) is 5.15. The van der Waals surface area contributed by atoms with Gasteiger partial charge in [-0.1, -0.05) is 0 Å². The van der Waals surface area contributed by atoms with Crippen molar-refractivity contribution < 1.29 is 19.1 Å². The van der Waals surface area contributed by atoms with E-state index in [1.807, 2.05) is 0 Å². The van der Waals surface area contributed by atoms with Crippen LogP contribution in [0.15, 0.2) is 24.3 Å². The maximum Gasteiger partial charge on any atom is 0.337 e. The van der Waals surface area contributed by atoms with E-state index < -0.39 is 5.97 Å². The highest BCUT2D eigenvalue weighted by atomic mass is 16.5. The molecule has 2 aliphatic rings. The fraction of sp³-hybridized carbons (Fsp3) is 0.500. The van der Waals surface area contributed by atoms with Crippen LogP contribution in [-0.4, -0.2) is 66.9 Å². The number of carbonyl (C=O) groups is 3. The first-order valence-electron chi connectivity index (χ1n) is 8.50. The molecule has 2 aliphatic heterocycles. The molecule has 25 heavy (non-hydrogen) atoms. The molecule has 0 unspecified atom stereocenters. The summed E-state index contributed by atoms with van der Waals surface area (Å²) < 4.78 is 4.65. The highest BCUT2D eigenvalue weighted by Crippen LogP contribution is 2.24. The van der Waals surface area contributed by atoms with Crippen molar-refractivity contribution >= 4 is 17.8 Å². The third kappa shape index (κ3) is 3.66. The van der Waals surface area contributed by atoms with Gasteiger partial charge in [0.05, 0.1) is 12.7 Å². The molecular formula is C18H23N3O4. The predicted octanol–water partition coefficient (Wildman–Crippen LogP) is 0.495. The van der Waals surface area contributed by atoms with Gasteiger partial charge in [-0.05, 0) is 50.2 Å². The molecule has 7 nitrogen and oxygen atoms in total. The highest BCUT2D eigenvalue weighted by molar-refractivity contribution is 5.96. The number of rotatable bonds is 4. The first-order valence-corrected chi connectivity index (χ1v) is 8.50. The minimum absolute atomic E-state index is 0.0117. The summed E-state index contributed by atoms with van der Waals surface area (Å²) in [7, 11) is 1.33. The second kappa shape index (κ2) is 7.23. The molecule has 0 spiro atoms. The Morgan fingerprint density at radius 1 is 1.04 bits per heavy atom. The van der Waals surface area contributed by atoms with Crippen LogP contribution in [0.5, 0.6) is 0 Å². The fourth-order valence-corrected chi connectivity index (χ4v) is 3.45. The van der Waals surface area contributed by atoms with Crippen molar-refractivity contribution in [3.8, 4) is 0 Å². The van der Waals surface area contributed by atoms with Gasteiger partial charge < -0.3 is 15.4 Å². The fourth-order valence-electron chi connectivity index (χ4n) is 3.45. The lowest BCUT2D eigenvalue weighted by molar-refractivity contribution is -0.123. The van der Waals surface area contributed by atoms with E-state index in [9.17, 15) is 14.4 Å². The van der Waals surface area contributed by atoms with Crippen molar-refractivity contribution in [3.63, 3.8) is 0 Å². The Kier molecular flexibility index (Phi) is 5.03. The van der Waals surface area contributed by atoms with Crippen LogP contribution >= 0.6 is 0 Å². The van der Waals surface area contributed by atoms with E-state index in [0.29, 0.717) is 30.3 Å². The molecule has 2 N–H and O–H groups in total. The van der Waals surface area contributed by atoms with Crippen molar-refractivity contribution in [3.05, 3.63) is 35.4 Å². The zero-order valence-corrected chi connectivity index (χ0v) is 14.3. The second-order valence-corrected chi connectivity index (χ2v) is 6.65. The number of piperidine rings is 1. The monoisotopic (exact) mass is 345 g/mol. The molecule has 2 heterocycles. The SMILES string of the molecule is COC(=O)c1ccc(C(=O)N2CC(N3CCC(C(N)=O)CC3)C2)cc1. The number of benzene rings is 1. The number of carbonyl (C=O) groups excluding carboxylic acids is 3. The van der Waals surface area contributed by atoms with Gasteiger partial charge in [-0.15, -0.1) is 0 Å². The van der Waals surface area contributed by atoms with Crippen molar-refractivity contribution in [2.45, 2.75) is 18.9 Å². The molecule has 2 amide bonds. The predicted molar refractivity (Wildman–Crippen MR) is 91.0 cm³/mol. The first kappa shape index (κ1) is 17.4. The van der Waals surface area contributed by atoms with Gasteiger partial charge in [0.25, 0.3) is 5.91 Å². The molecule has 0 atom stereocenters. The molecule has 134 valence electrons. The molecular weight excluding hydrogens is 322 g/mol. The Hall–Kier alpha value is -2.41. The lowest BCUT2D eigenvalue weighted by atomic mass is 9.93. The molecule has 0 saturated carbocycles. The van der Waals surface area contributed by atoms with Gasteiger partial charge in [0, 0.05) is 30.6 Å². The summed E-state index contributed by atoms with van der Waals surface area (Å²) in [4.78, 5) is 39.3. The molecule has 0 radical (unpaired) electrons. The van der Waals surface area contributed by atoms with Crippen molar-refractivity contribution in [1.82, 2.24) is 9.80 Å². The largest absolute Gasteiger partial charge is 0.465 e. The number of esters is 1.